The summed E-state index contributed by atoms with van der Waals surface area (Å²) < 4.78 is 0. The number of nitrogens with one attached hydrogen (secondary N) is 1. The van der Waals surface area contributed by atoms with Gasteiger partial charge in [0, 0.05) is 11.9 Å². The van der Waals surface area contributed by atoms with E-state index in [1.165, 1.54) is 17.8 Å². The van der Waals surface area contributed by atoms with Gasteiger partial charge in [0.15, 0.2) is 0 Å². The molecule has 1 aromatic heterocycles. The maximum absolute atomic E-state index is 10.8. The number of rotatable bonds is 3. The number of carboxylic acids is 1. The molecule has 4 nitrogen and oxygen atoms in total. The van der Waals surface area contributed by atoms with Gasteiger partial charge in [-0.2, -0.15) is 0 Å². The van der Waals surface area contributed by atoms with Crippen molar-refractivity contribution < 1.29 is 9.90 Å². The molecule has 0 saturated heterocycles. The third-order valence-corrected chi connectivity index (χ3v) is 3.01. The lowest BCUT2D eigenvalue weighted by Gasteiger charge is -2.11. The summed E-state index contributed by atoms with van der Waals surface area (Å²) in [6, 6.07) is 7.34. The zero-order chi connectivity index (χ0) is 14.0. The molecule has 2 rings (SSSR count). The van der Waals surface area contributed by atoms with E-state index in [-0.39, 0.29) is 10.6 Å². The first-order valence-corrected chi connectivity index (χ1v) is 6.08. The van der Waals surface area contributed by atoms with E-state index in [2.05, 4.69) is 10.3 Å². The third-order valence-electron chi connectivity index (χ3n) is 2.72. The first-order chi connectivity index (χ1) is 8.97. The molecule has 0 atom stereocenters. The molecule has 0 spiro atoms. The van der Waals surface area contributed by atoms with Crippen LogP contribution in [0.2, 0.25) is 5.02 Å². The average Bonchev–Trinajstić information content (AvgIpc) is 2.34. The van der Waals surface area contributed by atoms with Crippen LogP contribution in [0.4, 0.5) is 11.5 Å². The summed E-state index contributed by atoms with van der Waals surface area (Å²) in [5.41, 5.74) is 3.20. The van der Waals surface area contributed by atoms with Gasteiger partial charge in [-0.15, -0.1) is 0 Å². The molecule has 0 fully saturated rings. The fraction of sp³-hybridized carbons (Fsp3) is 0.143. The van der Waals surface area contributed by atoms with Gasteiger partial charge in [-0.1, -0.05) is 29.3 Å². The number of aryl methyl sites for hydroxylation is 2. The van der Waals surface area contributed by atoms with Crippen LogP contribution in [-0.4, -0.2) is 16.1 Å². The molecule has 98 valence electrons. The van der Waals surface area contributed by atoms with Gasteiger partial charge in [0.2, 0.25) is 0 Å². The number of nitrogens with zero attached hydrogens (tertiary/aromatic N) is 1. The van der Waals surface area contributed by atoms with Crippen LogP contribution in [0.1, 0.15) is 21.5 Å². The van der Waals surface area contributed by atoms with Crippen molar-refractivity contribution >= 4 is 29.1 Å². The van der Waals surface area contributed by atoms with E-state index in [0.29, 0.717) is 5.82 Å². The van der Waals surface area contributed by atoms with Crippen LogP contribution in [0.25, 0.3) is 0 Å². The number of halogens is 1. The van der Waals surface area contributed by atoms with Gasteiger partial charge in [0.25, 0.3) is 0 Å². The molecule has 0 bridgehead atoms. The van der Waals surface area contributed by atoms with Gasteiger partial charge in [-0.25, -0.2) is 9.78 Å². The minimum Gasteiger partial charge on any atom is -0.478 e. The summed E-state index contributed by atoms with van der Waals surface area (Å²) in [5.74, 6) is -0.605. The van der Waals surface area contributed by atoms with Crippen molar-refractivity contribution in [1.29, 1.82) is 0 Å². The van der Waals surface area contributed by atoms with Crippen molar-refractivity contribution in [2.24, 2.45) is 0 Å². The zero-order valence-corrected chi connectivity index (χ0v) is 11.3. The Hall–Kier alpha value is -2.07. The molecule has 0 aliphatic heterocycles. The second-order valence-electron chi connectivity index (χ2n) is 4.30. The SMILES string of the molecule is Cc1ccc(Nc2ncc(C(=O)O)cc2Cl)c(C)c1. The normalized spacial score (nSPS) is 10.3. The van der Waals surface area contributed by atoms with E-state index in [0.717, 1.165) is 11.3 Å². The molecule has 19 heavy (non-hydrogen) atoms. The van der Waals surface area contributed by atoms with Crippen LogP contribution >= 0.6 is 11.6 Å². The summed E-state index contributed by atoms with van der Waals surface area (Å²) in [6.45, 7) is 4.00. The number of carboxylic acid groups (broad SMARTS) is 1. The molecule has 0 aliphatic carbocycles. The molecule has 1 heterocycles. The Bertz CT molecular complexity index is 641. The number of aromatic nitrogens is 1. The highest BCUT2D eigenvalue weighted by Crippen LogP contribution is 2.26. The maximum Gasteiger partial charge on any atom is 0.337 e. The number of benzene rings is 1. The molecule has 0 aliphatic rings. The smallest absolute Gasteiger partial charge is 0.337 e. The van der Waals surface area contributed by atoms with Gasteiger partial charge in [0.05, 0.1) is 10.6 Å². The van der Waals surface area contributed by atoms with E-state index < -0.39 is 5.97 Å². The van der Waals surface area contributed by atoms with E-state index in [1.807, 2.05) is 32.0 Å². The van der Waals surface area contributed by atoms with Crippen LogP contribution in [0.15, 0.2) is 30.5 Å². The fourth-order valence-corrected chi connectivity index (χ4v) is 1.94. The van der Waals surface area contributed by atoms with Crippen molar-refractivity contribution in [1.82, 2.24) is 4.98 Å². The van der Waals surface area contributed by atoms with Crippen LogP contribution < -0.4 is 5.32 Å². The molecular weight excluding hydrogens is 264 g/mol. The molecule has 5 heteroatoms. The molecule has 2 aromatic rings. The average molecular weight is 277 g/mol. The van der Waals surface area contributed by atoms with Crippen LogP contribution in [0, 0.1) is 13.8 Å². The molecule has 0 amide bonds. The van der Waals surface area contributed by atoms with Gasteiger partial charge in [-0.3, -0.25) is 0 Å². The first-order valence-electron chi connectivity index (χ1n) is 5.70. The van der Waals surface area contributed by atoms with Crippen molar-refractivity contribution in [2.45, 2.75) is 13.8 Å². The Morgan fingerprint density at radius 1 is 1.32 bits per heavy atom. The number of anilines is 2. The van der Waals surface area contributed by atoms with Crippen LogP contribution in [0.5, 0.6) is 0 Å². The summed E-state index contributed by atoms with van der Waals surface area (Å²) >= 11 is 6.02. The maximum atomic E-state index is 10.8. The predicted octanol–water partition coefficient (Wildman–Crippen LogP) is 3.79. The summed E-state index contributed by atoms with van der Waals surface area (Å²) in [6.07, 6.45) is 1.28. The monoisotopic (exact) mass is 276 g/mol. The van der Waals surface area contributed by atoms with Gasteiger partial charge in [0.1, 0.15) is 5.82 Å². The minimum absolute atomic E-state index is 0.0659. The standard InChI is InChI=1S/C14H13ClN2O2/c1-8-3-4-12(9(2)5-8)17-13-11(15)6-10(7-16-13)14(18)19/h3-7H,1-2H3,(H,16,17)(H,18,19). The fourth-order valence-electron chi connectivity index (χ4n) is 1.73. The Morgan fingerprint density at radius 3 is 2.63 bits per heavy atom. The zero-order valence-electron chi connectivity index (χ0n) is 10.6. The Morgan fingerprint density at radius 2 is 2.05 bits per heavy atom. The van der Waals surface area contributed by atoms with E-state index in [1.54, 1.807) is 0 Å². The molecule has 0 radical (unpaired) electrons. The van der Waals surface area contributed by atoms with E-state index in [4.69, 9.17) is 16.7 Å². The van der Waals surface area contributed by atoms with Gasteiger partial charge >= 0.3 is 5.97 Å². The lowest BCUT2D eigenvalue weighted by molar-refractivity contribution is 0.0696. The second kappa shape index (κ2) is 5.28. The minimum atomic E-state index is -1.05. The van der Waals surface area contributed by atoms with Crippen LogP contribution in [0.3, 0.4) is 0 Å². The Kier molecular flexibility index (Phi) is 3.71. The number of carbonyl (C=O) groups is 1. The number of pyridine rings is 1. The number of aromatic carboxylic acids is 1. The van der Waals surface area contributed by atoms with Crippen molar-refractivity contribution in [2.75, 3.05) is 5.32 Å². The van der Waals surface area contributed by atoms with Crippen molar-refractivity contribution in [3.05, 3.63) is 52.2 Å². The highest BCUT2D eigenvalue weighted by Gasteiger charge is 2.09. The Balaban J connectivity index is 2.31. The third kappa shape index (κ3) is 3.03. The largest absolute Gasteiger partial charge is 0.478 e. The highest BCUT2D eigenvalue weighted by molar-refractivity contribution is 6.33. The molecule has 2 N–H and O–H groups in total. The molecule has 1 aromatic carbocycles. The van der Waals surface area contributed by atoms with Crippen molar-refractivity contribution in [3.63, 3.8) is 0 Å². The summed E-state index contributed by atoms with van der Waals surface area (Å²) in [7, 11) is 0. The summed E-state index contributed by atoms with van der Waals surface area (Å²) in [4.78, 5) is 14.8. The Labute approximate surface area is 116 Å². The highest BCUT2D eigenvalue weighted by atomic mass is 35.5. The topological polar surface area (TPSA) is 62.2 Å². The number of hydrogen-bond acceptors (Lipinski definition) is 3. The second-order valence-corrected chi connectivity index (χ2v) is 4.71. The van der Waals surface area contributed by atoms with Gasteiger partial charge in [-0.05, 0) is 31.5 Å². The number of hydrogen-bond donors (Lipinski definition) is 2. The predicted molar refractivity (Wildman–Crippen MR) is 75.4 cm³/mol. The quantitative estimate of drug-likeness (QED) is 0.895. The van der Waals surface area contributed by atoms with Crippen molar-refractivity contribution in [3.8, 4) is 0 Å². The lowest BCUT2D eigenvalue weighted by Crippen LogP contribution is -2.01. The first kappa shape index (κ1) is 13.4. The van der Waals surface area contributed by atoms with Gasteiger partial charge < -0.3 is 10.4 Å². The van der Waals surface area contributed by atoms with E-state index >= 15 is 0 Å². The summed E-state index contributed by atoms with van der Waals surface area (Å²) in [5, 5.41) is 12.2. The molecule has 0 saturated carbocycles. The lowest BCUT2D eigenvalue weighted by atomic mass is 10.1. The molecule has 0 unspecified atom stereocenters. The van der Waals surface area contributed by atoms with Crippen LogP contribution in [-0.2, 0) is 0 Å². The molecular formula is C14H13ClN2O2. The van der Waals surface area contributed by atoms with E-state index in [9.17, 15) is 4.79 Å².